The van der Waals surface area contributed by atoms with Gasteiger partial charge in [-0.2, -0.15) is 0 Å². The van der Waals surface area contributed by atoms with Crippen LogP contribution >= 0.6 is 0 Å². The van der Waals surface area contributed by atoms with Crippen molar-refractivity contribution in [1.82, 2.24) is 20.0 Å². The second-order valence-electron chi connectivity index (χ2n) is 11.5. The first-order valence-electron chi connectivity index (χ1n) is 15.0. The third kappa shape index (κ3) is 7.40. The quantitative estimate of drug-likeness (QED) is 0.552. The summed E-state index contributed by atoms with van der Waals surface area (Å²) in [7, 11) is 1.56. The van der Waals surface area contributed by atoms with E-state index in [-0.39, 0.29) is 55.9 Å². The Balaban J connectivity index is 1.32. The number of nitrogens with zero attached hydrogens (tertiary/aromatic N) is 3. The summed E-state index contributed by atoms with van der Waals surface area (Å²) in [5, 5.41) is 3.10. The van der Waals surface area contributed by atoms with Crippen molar-refractivity contribution in [1.29, 1.82) is 0 Å². The summed E-state index contributed by atoms with van der Waals surface area (Å²) in [5.74, 6) is -0.0461. The maximum Gasteiger partial charge on any atom is 0.260 e. The van der Waals surface area contributed by atoms with Gasteiger partial charge < -0.3 is 34.2 Å². The van der Waals surface area contributed by atoms with Crippen LogP contribution in [0.25, 0.3) is 0 Å². The highest BCUT2D eigenvalue weighted by Gasteiger charge is 2.40. The lowest BCUT2D eigenvalue weighted by Crippen LogP contribution is -2.48. The van der Waals surface area contributed by atoms with E-state index in [1.807, 2.05) is 18.2 Å². The Bertz CT molecular complexity index is 1360. The topological polar surface area (TPSA) is 118 Å². The Hall–Kier alpha value is -4.35. The van der Waals surface area contributed by atoms with E-state index in [0.29, 0.717) is 62.7 Å². The Morgan fingerprint density at radius 1 is 1.00 bits per heavy atom. The number of carbonyl (C=O) groups excluding carboxylic acids is 4. The Morgan fingerprint density at radius 2 is 1.75 bits per heavy atom. The number of nitrogens with one attached hydrogen (secondary N) is 1. The highest BCUT2D eigenvalue weighted by Crippen LogP contribution is 2.36. The standard InChI is InChI=1S/C32H39FN4O7/c1-21(38)35-13-10-22(11-14-35)32(41)37-17-26-23-4-9-28(42-2)29(16-23)43-15-3-12-36(19-30(39)34-27(26)18-37)31(40)20-44-25-7-5-24(33)6-8-25/h4-9,16,22,26-27H,3,10-15,17-20H2,1-2H3,(H,34,39)/t26-,27+/m1/s1. The molecule has 2 aromatic carbocycles. The van der Waals surface area contributed by atoms with Gasteiger partial charge in [-0.15, -0.1) is 0 Å². The van der Waals surface area contributed by atoms with Crippen LogP contribution in [-0.2, 0) is 19.2 Å². The summed E-state index contributed by atoms with van der Waals surface area (Å²) in [4.78, 5) is 56.9. The lowest BCUT2D eigenvalue weighted by Gasteiger charge is -2.32. The van der Waals surface area contributed by atoms with E-state index in [4.69, 9.17) is 14.2 Å². The SMILES string of the molecule is COc1ccc2cc1OCCCN(C(=O)COc1ccc(F)cc1)CC(=O)N[C@H]1CN(C(=O)C3CCN(C(C)=O)CC3)C[C@H]21. The average Bonchev–Trinajstić information content (AvgIpc) is 3.44. The molecule has 0 spiro atoms. The van der Waals surface area contributed by atoms with E-state index < -0.39 is 17.8 Å². The minimum Gasteiger partial charge on any atom is -0.493 e. The molecule has 12 heteroatoms. The lowest BCUT2D eigenvalue weighted by atomic mass is 9.93. The number of carbonyl (C=O) groups is 4. The van der Waals surface area contributed by atoms with Gasteiger partial charge >= 0.3 is 0 Å². The van der Waals surface area contributed by atoms with Gasteiger partial charge in [0.25, 0.3) is 5.91 Å². The zero-order valence-corrected chi connectivity index (χ0v) is 25.1. The van der Waals surface area contributed by atoms with Crippen molar-refractivity contribution in [3.8, 4) is 17.2 Å². The normalized spacial score (nSPS) is 21.2. The minimum absolute atomic E-state index is 0.0140. The summed E-state index contributed by atoms with van der Waals surface area (Å²) in [6.07, 6.45) is 1.67. The predicted octanol–water partition coefficient (Wildman–Crippen LogP) is 2.19. The van der Waals surface area contributed by atoms with Crippen molar-refractivity contribution >= 4 is 23.6 Å². The van der Waals surface area contributed by atoms with Crippen LogP contribution in [0.4, 0.5) is 4.39 Å². The van der Waals surface area contributed by atoms with Crippen LogP contribution < -0.4 is 19.5 Å². The maximum atomic E-state index is 13.6. The molecule has 2 atom stereocenters. The van der Waals surface area contributed by atoms with Gasteiger partial charge in [0.2, 0.25) is 17.7 Å². The number of fused-ring (bicyclic) bond motifs is 4. The van der Waals surface area contributed by atoms with Crippen molar-refractivity contribution in [2.45, 2.75) is 38.1 Å². The molecule has 2 bridgehead atoms. The van der Waals surface area contributed by atoms with Crippen LogP contribution in [0.15, 0.2) is 42.5 Å². The molecule has 2 aromatic rings. The molecule has 5 rings (SSSR count). The van der Waals surface area contributed by atoms with Gasteiger partial charge in [0.15, 0.2) is 18.1 Å². The second kappa shape index (κ2) is 14.0. The fourth-order valence-electron chi connectivity index (χ4n) is 6.13. The molecule has 0 aromatic heterocycles. The molecule has 2 fully saturated rings. The zero-order chi connectivity index (χ0) is 31.2. The first-order valence-corrected chi connectivity index (χ1v) is 15.0. The van der Waals surface area contributed by atoms with E-state index in [2.05, 4.69) is 5.32 Å². The Kier molecular flexibility index (Phi) is 9.86. The molecule has 0 radical (unpaired) electrons. The van der Waals surface area contributed by atoms with Gasteiger partial charge in [-0.05, 0) is 61.2 Å². The smallest absolute Gasteiger partial charge is 0.260 e. The van der Waals surface area contributed by atoms with Gasteiger partial charge in [0.1, 0.15) is 11.6 Å². The Labute approximate surface area is 256 Å². The molecular weight excluding hydrogens is 571 g/mol. The zero-order valence-electron chi connectivity index (χ0n) is 25.1. The Morgan fingerprint density at radius 3 is 2.45 bits per heavy atom. The van der Waals surface area contributed by atoms with Gasteiger partial charge in [0, 0.05) is 51.5 Å². The van der Waals surface area contributed by atoms with E-state index in [9.17, 15) is 23.6 Å². The van der Waals surface area contributed by atoms with Crippen molar-refractivity contribution in [3.05, 3.63) is 53.8 Å². The van der Waals surface area contributed by atoms with Crippen LogP contribution in [0.5, 0.6) is 17.2 Å². The number of ether oxygens (including phenoxy) is 3. The van der Waals surface area contributed by atoms with E-state index >= 15 is 0 Å². The molecule has 11 nitrogen and oxygen atoms in total. The highest BCUT2D eigenvalue weighted by atomic mass is 19.1. The first kappa shape index (κ1) is 31.1. The van der Waals surface area contributed by atoms with Crippen LogP contribution in [-0.4, -0.2) is 104 Å². The van der Waals surface area contributed by atoms with Crippen LogP contribution in [0.3, 0.4) is 0 Å². The number of rotatable bonds is 5. The maximum absolute atomic E-state index is 13.6. The average molecular weight is 611 g/mol. The van der Waals surface area contributed by atoms with Gasteiger partial charge in [-0.1, -0.05) is 6.07 Å². The van der Waals surface area contributed by atoms with E-state index in [0.717, 1.165) is 5.56 Å². The summed E-state index contributed by atoms with van der Waals surface area (Å²) in [6, 6.07) is 10.6. The molecule has 3 aliphatic heterocycles. The number of halogens is 1. The summed E-state index contributed by atoms with van der Waals surface area (Å²) >= 11 is 0. The molecule has 2 saturated heterocycles. The van der Waals surface area contributed by atoms with Crippen molar-refractivity contribution < 1.29 is 37.8 Å². The van der Waals surface area contributed by atoms with Crippen molar-refractivity contribution in [3.63, 3.8) is 0 Å². The molecule has 4 amide bonds. The number of hydrogen-bond donors (Lipinski definition) is 1. The van der Waals surface area contributed by atoms with E-state index in [1.54, 1.807) is 23.8 Å². The molecule has 3 aliphatic rings. The fraction of sp³-hybridized carbons (Fsp3) is 0.500. The van der Waals surface area contributed by atoms with Gasteiger partial charge in [-0.25, -0.2) is 4.39 Å². The number of piperidine rings is 1. The molecule has 3 heterocycles. The second-order valence-corrected chi connectivity index (χ2v) is 11.5. The van der Waals surface area contributed by atoms with Crippen molar-refractivity contribution in [2.75, 3.05) is 59.6 Å². The molecule has 0 unspecified atom stereocenters. The highest BCUT2D eigenvalue weighted by molar-refractivity contribution is 5.86. The third-order valence-corrected chi connectivity index (χ3v) is 8.58. The molecule has 1 N–H and O–H groups in total. The summed E-state index contributed by atoms with van der Waals surface area (Å²) < 4.78 is 30.4. The number of benzene rings is 2. The molecule has 236 valence electrons. The van der Waals surface area contributed by atoms with Crippen LogP contribution in [0.1, 0.15) is 37.7 Å². The predicted molar refractivity (Wildman–Crippen MR) is 158 cm³/mol. The first-order chi connectivity index (χ1) is 21.2. The van der Waals surface area contributed by atoms with Crippen LogP contribution in [0, 0.1) is 11.7 Å². The van der Waals surface area contributed by atoms with E-state index in [1.165, 1.54) is 29.2 Å². The van der Waals surface area contributed by atoms with Gasteiger partial charge in [0.05, 0.1) is 26.3 Å². The molecule has 44 heavy (non-hydrogen) atoms. The third-order valence-electron chi connectivity index (χ3n) is 8.58. The molecule has 0 aliphatic carbocycles. The number of methoxy groups -OCH3 is 1. The fourth-order valence-corrected chi connectivity index (χ4v) is 6.13. The number of hydrogen-bond acceptors (Lipinski definition) is 7. The number of amides is 4. The van der Waals surface area contributed by atoms with Crippen LogP contribution in [0.2, 0.25) is 0 Å². The largest absolute Gasteiger partial charge is 0.493 e. The summed E-state index contributed by atoms with van der Waals surface area (Å²) in [6.45, 7) is 3.41. The molecule has 0 saturated carbocycles. The lowest BCUT2D eigenvalue weighted by molar-refractivity contribution is -0.139. The van der Waals surface area contributed by atoms with Crippen molar-refractivity contribution in [2.24, 2.45) is 5.92 Å². The summed E-state index contributed by atoms with van der Waals surface area (Å²) in [5.41, 5.74) is 0.910. The van der Waals surface area contributed by atoms with Gasteiger partial charge in [-0.3, -0.25) is 19.2 Å². The molecular formula is C32H39FN4O7. The minimum atomic E-state index is -0.412. The monoisotopic (exact) mass is 610 g/mol. The number of likely N-dealkylation sites (tertiary alicyclic amines) is 2.